The molecule has 0 spiro atoms. The lowest BCUT2D eigenvalue weighted by atomic mass is 10.2. The summed E-state index contributed by atoms with van der Waals surface area (Å²) in [7, 11) is 0. The van der Waals surface area contributed by atoms with Crippen molar-refractivity contribution in [3.8, 4) is 0 Å². The number of para-hydroxylation sites is 1. The second-order valence-electron chi connectivity index (χ2n) is 5.13. The number of aromatic nitrogens is 2. The number of hydrogen-bond donors (Lipinski definition) is 2. The van der Waals surface area contributed by atoms with E-state index in [9.17, 15) is 14.4 Å². The molecular formula is C17H15N3O3. The summed E-state index contributed by atoms with van der Waals surface area (Å²) in [5, 5.41) is 3.08. The fourth-order valence-electron chi connectivity index (χ4n) is 2.34. The van der Waals surface area contributed by atoms with Gasteiger partial charge in [-0.3, -0.25) is 14.2 Å². The Kier molecular flexibility index (Phi) is 4.05. The monoisotopic (exact) mass is 309 g/mol. The van der Waals surface area contributed by atoms with E-state index in [1.54, 1.807) is 24.3 Å². The first-order valence-electron chi connectivity index (χ1n) is 7.17. The van der Waals surface area contributed by atoms with Crippen molar-refractivity contribution in [2.75, 3.05) is 0 Å². The average molecular weight is 309 g/mol. The van der Waals surface area contributed by atoms with Crippen LogP contribution in [-0.2, 0) is 17.9 Å². The predicted octanol–water partition coefficient (Wildman–Crippen LogP) is 1.01. The molecule has 2 N–H and O–H groups in total. The second kappa shape index (κ2) is 6.31. The van der Waals surface area contributed by atoms with E-state index < -0.39 is 17.2 Å². The molecule has 1 amide bonds. The molecule has 0 aliphatic heterocycles. The molecule has 3 rings (SSSR count). The minimum absolute atomic E-state index is 0.314. The highest BCUT2D eigenvalue weighted by molar-refractivity contribution is 5.78. The molecule has 1 heterocycles. The van der Waals surface area contributed by atoms with Crippen LogP contribution < -0.4 is 16.6 Å². The van der Waals surface area contributed by atoms with E-state index in [0.717, 1.165) is 10.1 Å². The van der Waals surface area contributed by atoms with Crippen molar-refractivity contribution in [3.05, 3.63) is 81.0 Å². The van der Waals surface area contributed by atoms with E-state index in [-0.39, 0.29) is 6.54 Å². The van der Waals surface area contributed by atoms with Crippen molar-refractivity contribution in [1.29, 1.82) is 0 Å². The second-order valence-corrected chi connectivity index (χ2v) is 5.13. The van der Waals surface area contributed by atoms with Crippen LogP contribution in [0, 0.1) is 0 Å². The van der Waals surface area contributed by atoms with Gasteiger partial charge in [0, 0.05) is 6.54 Å². The third-order valence-corrected chi connectivity index (χ3v) is 3.52. The van der Waals surface area contributed by atoms with Gasteiger partial charge in [0.1, 0.15) is 6.54 Å². The van der Waals surface area contributed by atoms with Gasteiger partial charge in [0.15, 0.2) is 0 Å². The molecule has 3 aromatic rings. The zero-order valence-electron chi connectivity index (χ0n) is 12.3. The van der Waals surface area contributed by atoms with E-state index in [0.29, 0.717) is 17.4 Å². The van der Waals surface area contributed by atoms with Gasteiger partial charge in [-0.15, -0.1) is 0 Å². The van der Waals surface area contributed by atoms with Crippen LogP contribution >= 0.6 is 0 Å². The minimum Gasteiger partial charge on any atom is -0.350 e. The largest absolute Gasteiger partial charge is 0.350 e. The quantitative estimate of drug-likeness (QED) is 0.754. The number of carbonyl (C=O) groups excluding carboxylic acids is 1. The number of aromatic amines is 1. The van der Waals surface area contributed by atoms with Gasteiger partial charge in [-0.1, -0.05) is 42.5 Å². The Bertz CT molecular complexity index is 958. The predicted molar refractivity (Wildman–Crippen MR) is 87.1 cm³/mol. The van der Waals surface area contributed by atoms with E-state index in [2.05, 4.69) is 10.3 Å². The molecule has 2 aromatic carbocycles. The topological polar surface area (TPSA) is 84.0 Å². The van der Waals surface area contributed by atoms with Crippen molar-refractivity contribution in [1.82, 2.24) is 14.9 Å². The average Bonchev–Trinajstić information content (AvgIpc) is 2.58. The van der Waals surface area contributed by atoms with Crippen LogP contribution in [0.4, 0.5) is 0 Å². The fraction of sp³-hybridized carbons (Fsp3) is 0.118. The van der Waals surface area contributed by atoms with Gasteiger partial charge >= 0.3 is 5.69 Å². The lowest BCUT2D eigenvalue weighted by molar-refractivity contribution is -0.121. The van der Waals surface area contributed by atoms with Crippen molar-refractivity contribution in [2.45, 2.75) is 13.1 Å². The summed E-state index contributed by atoms with van der Waals surface area (Å²) < 4.78 is 0.905. The zero-order chi connectivity index (χ0) is 16.2. The van der Waals surface area contributed by atoms with Crippen molar-refractivity contribution >= 4 is 16.8 Å². The summed E-state index contributed by atoms with van der Waals surface area (Å²) in [6.45, 7) is 0.0335. The van der Waals surface area contributed by atoms with Gasteiger partial charge in [-0.05, 0) is 17.7 Å². The SMILES string of the molecule is O=C(Cn1c(=O)[nH]c2ccccc2c1=O)NCc1ccccc1. The van der Waals surface area contributed by atoms with Crippen LogP contribution in [0.5, 0.6) is 0 Å². The summed E-state index contributed by atoms with van der Waals surface area (Å²) in [6.07, 6.45) is 0. The van der Waals surface area contributed by atoms with Gasteiger partial charge in [-0.25, -0.2) is 4.79 Å². The van der Waals surface area contributed by atoms with Crippen molar-refractivity contribution in [3.63, 3.8) is 0 Å². The molecule has 23 heavy (non-hydrogen) atoms. The summed E-state index contributed by atoms with van der Waals surface area (Å²) in [4.78, 5) is 38.9. The summed E-state index contributed by atoms with van der Waals surface area (Å²) in [5.74, 6) is -0.392. The van der Waals surface area contributed by atoms with E-state index in [1.165, 1.54) is 0 Å². The van der Waals surface area contributed by atoms with Gasteiger partial charge in [0.2, 0.25) is 5.91 Å². The molecule has 0 fully saturated rings. The van der Waals surface area contributed by atoms with Crippen LogP contribution in [0.25, 0.3) is 10.9 Å². The minimum atomic E-state index is -0.594. The molecule has 0 saturated carbocycles. The van der Waals surface area contributed by atoms with Crippen molar-refractivity contribution < 1.29 is 4.79 Å². The number of fused-ring (bicyclic) bond motifs is 1. The van der Waals surface area contributed by atoms with Crippen molar-refractivity contribution in [2.24, 2.45) is 0 Å². The van der Waals surface area contributed by atoms with E-state index >= 15 is 0 Å². The number of nitrogens with zero attached hydrogens (tertiary/aromatic N) is 1. The van der Waals surface area contributed by atoms with Crippen LogP contribution in [0.15, 0.2) is 64.2 Å². The summed E-state index contributed by atoms with van der Waals surface area (Å²) >= 11 is 0. The molecule has 0 radical (unpaired) electrons. The molecule has 1 aromatic heterocycles. The van der Waals surface area contributed by atoms with Crippen LogP contribution in [-0.4, -0.2) is 15.5 Å². The number of carbonyl (C=O) groups is 1. The lowest BCUT2D eigenvalue weighted by Crippen LogP contribution is -2.40. The summed E-state index contributed by atoms with van der Waals surface area (Å²) in [5.41, 5.74) is 0.340. The number of H-pyrrole nitrogens is 1. The lowest BCUT2D eigenvalue weighted by Gasteiger charge is -2.08. The van der Waals surface area contributed by atoms with Crippen LogP contribution in [0.2, 0.25) is 0 Å². The molecule has 0 atom stereocenters. The number of benzene rings is 2. The third kappa shape index (κ3) is 3.21. The highest BCUT2D eigenvalue weighted by atomic mass is 16.2. The maximum atomic E-state index is 12.3. The van der Waals surface area contributed by atoms with E-state index in [1.807, 2.05) is 30.3 Å². The summed E-state index contributed by atoms with van der Waals surface area (Å²) in [6, 6.07) is 16.1. The van der Waals surface area contributed by atoms with Gasteiger partial charge < -0.3 is 10.3 Å². The number of rotatable bonds is 4. The first-order valence-corrected chi connectivity index (χ1v) is 7.17. The Morgan fingerprint density at radius 3 is 2.48 bits per heavy atom. The van der Waals surface area contributed by atoms with Crippen LogP contribution in [0.3, 0.4) is 0 Å². The number of amides is 1. The smallest absolute Gasteiger partial charge is 0.329 e. The zero-order valence-corrected chi connectivity index (χ0v) is 12.3. The molecule has 0 bridgehead atoms. The number of nitrogens with one attached hydrogen (secondary N) is 2. The maximum Gasteiger partial charge on any atom is 0.329 e. The molecule has 0 unspecified atom stereocenters. The normalized spacial score (nSPS) is 10.6. The Hall–Kier alpha value is -3.15. The standard InChI is InChI=1S/C17H15N3O3/c21-15(18-10-12-6-2-1-3-7-12)11-20-16(22)13-8-4-5-9-14(13)19-17(20)23/h1-9H,10-11H2,(H,18,21)(H,19,23). The molecule has 6 nitrogen and oxygen atoms in total. The van der Waals surface area contributed by atoms with Gasteiger partial charge in [0.25, 0.3) is 5.56 Å². The molecule has 0 aliphatic rings. The Morgan fingerprint density at radius 2 is 1.70 bits per heavy atom. The van der Waals surface area contributed by atoms with E-state index in [4.69, 9.17) is 0 Å². The fourth-order valence-corrected chi connectivity index (χ4v) is 2.34. The molecular weight excluding hydrogens is 294 g/mol. The van der Waals surface area contributed by atoms with Gasteiger partial charge in [-0.2, -0.15) is 0 Å². The first kappa shape index (κ1) is 14.8. The molecule has 0 aliphatic carbocycles. The third-order valence-electron chi connectivity index (χ3n) is 3.52. The first-order chi connectivity index (χ1) is 11.1. The highest BCUT2D eigenvalue weighted by Gasteiger charge is 2.10. The molecule has 6 heteroatoms. The number of hydrogen-bond acceptors (Lipinski definition) is 3. The van der Waals surface area contributed by atoms with Crippen LogP contribution in [0.1, 0.15) is 5.56 Å². The Morgan fingerprint density at radius 1 is 1.00 bits per heavy atom. The maximum absolute atomic E-state index is 12.3. The Labute approximate surface area is 131 Å². The van der Waals surface area contributed by atoms with Gasteiger partial charge in [0.05, 0.1) is 10.9 Å². The Balaban J connectivity index is 1.80. The highest BCUT2D eigenvalue weighted by Crippen LogP contribution is 2.03. The molecule has 116 valence electrons. The molecule has 0 saturated heterocycles.